The Balaban J connectivity index is 2.41. The number of anilines is 2. The summed E-state index contributed by atoms with van der Waals surface area (Å²) in [5, 5.41) is 11.7. The monoisotopic (exact) mass is 358 g/mol. The van der Waals surface area contributed by atoms with Gasteiger partial charge in [0.15, 0.2) is 0 Å². The quantitative estimate of drug-likeness (QED) is 0.746. The Morgan fingerprint density at radius 3 is 2.38 bits per heavy atom. The Hall–Kier alpha value is -2.07. The number of halogens is 5. The minimum absolute atomic E-state index is 0.164. The van der Waals surface area contributed by atoms with Crippen LogP contribution in [0.5, 0.6) is 0 Å². The van der Waals surface area contributed by atoms with Crippen LogP contribution in [0.1, 0.15) is 11.1 Å². The molecule has 0 fully saturated rings. The molecule has 2 aromatic rings. The standard InChI is InChI=1S/C14H7BrF4N2/c15-11-3-2-10(16)6-13(11)21-12-4-1-9(14(17,18)19)5-8(12)7-20/h1-6,21H. The van der Waals surface area contributed by atoms with Crippen molar-refractivity contribution in [3.8, 4) is 6.07 Å². The van der Waals surface area contributed by atoms with Gasteiger partial charge >= 0.3 is 6.18 Å². The molecule has 21 heavy (non-hydrogen) atoms. The van der Waals surface area contributed by atoms with E-state index in [-0.39, 0.29) is 11.3 Å². The average molecular weight is 359 g/mol. The van der Waals surface area contributed by atoms with E-state index in [2.05, 4.69) is 21.2 Å². The Bertz CT molecular complexity index is 720. The fourth-order valence-electron chi connectivity index (χ4n) is 1.66. The highest BCUT2D eigenvalue weighted by atomic mass is 79.9. The number of benzene rings is 2. The topological polar surface area (TPSA) is 35.8 Å². The van der Waals surface area contributed by atoms with Gasteiger partial charge in [0.25, 0.3) is 0 Å². The van der Waals surface area contributed by atoms with E-state index in [9.17, 15) is 17.6 Å². The maximum absolute atomic E-state index is 13.2. The van der Waals surface area contributed by atoms with E-state index in [1.807, 2.05) is 0 Å². The van der Waals surface area contributed by atoms with Crippen molar-refractivity contribution in [2.24, 2.45) is 0 Å². The van der Waals surface area contributed by atoms with E-state index in [1.165, 1.54) is 18.2 Å². The van der Waals surface area contributed by atoms with Crippen LogP contribution in [-0.4, -0.2) is 0 Å². The van der Waals surface area contributed by atoms with Crippen molar-refractivity contribution in [3.05, 3.63) is 57.8 Å². The van der Waals surface area contributed by atoms with E-state index in [0.717, 1.165) is 18.2 Å². The summed E-state index contributed by atoms with van der Waals surface area (Å²) in [5.41, 5.74) is -0.619. The summed E-state index contributed by atoms with van der Waals surface area (Å²) in [6, 6.07) is 8.28. The lowest BCUT2D eigenvalue weighted by Crippen LogP contribution is -2.06. The van der Waals surface area contributed by atoms with Gasteiger partial charge in [0.2, 0.25) is 0 Å². The number of nitrogens with one attached hydrogen (secondary N) is 1. The summed E-state index contributed by atoms with van der Waals surface area (Å²) < 4.78 is 51.5. The lowest BCUT2D eigenvalue weighted by Gasteiger charge is -2.12. The van der Waals surface area contributed by atoms with Crippen molar-refractivity contribution >= 4 is 27.3 Å². The summed E-state index contributed by atoms with van der Waals surface area (Å²) in [7, 11) is 0. The van der Waals surface area contributed by atoms with Gasteiger partial charge in [-0.3, -0.25) is 0 Å². The molecule has 0 aromatic heterocycles. The lowest BCUT2D eigenvalue weighted by molar-refractivity contribution is -0.137. The molecule has 0 spiro atoms. The molecule has 108 valence electrons. The minimum Gasteiger partial charge on any atom is -0.353 e. The number of nitrogens with zero attached hydrogens (tertiary/aromatic N) is 1. The molecule has 2 rings (SSSR count). The zero-order valence-electron chi connectivity index (χ0n) is 10.3. The molecule has 0 atom stereocenters. The second kappa shape index (κ2) is 5.74. The largest absolute Gasteiger partial charge is 0.416 e. The Morgan fingerprint density at radius 2 is 1.76 bits per heavy atom. The lowest BCUT2D eigenvalue weighted by atomic mass is 10.1. The third kappa shape index (κ3) is 3.52. The van der Waals surface area contributed by atoms with Gasteiger partial charge in [0.1, 0.15) is 11.9 Å². The van der Waals surface area contributed by atoms with Gasteiger partial charge in [-0.2, -0.15) is 18.4 Å². The van der Waals surface area contributed by atoms with E-state index >= 15 is 0 Å². The van der Waals surface area contributed by atoms with Crippen molar-refractivity contribution in [2.45, 2.75) is 6.18 Å². The maximum Gasteiger partial charge on any atom is 0.416 e. The normalized spacial score (nSPS) is 11.0. The molecule has 0 aliphatic carbocycles. The van der Waals surface area contributed by atoms with Gasteiger partial charge in [-0.15, -0.1) is 0 Å². The molecular weight excluding hydrogens is 352 g/mol. The molecule has 0 aliphatic rings. The molecule has 1 N–H and O–H groups in total. The molecule has 2 nitrogen and oxygen atoms in total. The van der Waals surface area contributed by atoms with Crippen molar-refractivity contribution in [2.75, 3.05) is 5.32 Å². The van der Waals surface area contributed by atoms with Gasteiger partial charge in [0, 0.05) is 4.47 Å². The second-order valence-corrected chi connectivity index (χ2v) is 4.97. The van der Waals surface area contributed by atoms with Gasteiger partial charge in [-0.05, 0) is 52.3 Å². The fraction of sp³-hybridized carbons (Fsp3) is 0.0714. The van der Waals surface area contributed by atoms with E-state index < -0.39 is 17.6 Å². The zero-order chi connectivity index (χ0) is 15.6. The fourth-order valence-corrected chi connectivity index (χ4v) is 2.01. The molecule has 0 saturated carbocycles. The van der Waals surface area contributed by atoms with Crippen molar-refractivity contribution in [1.82, 2.24) is 0 Å². The van der Waals surface area contributed by atoms with Gasteiger partial charge in [-0.1, -0.05) is 0 Å². The molecule has 0 bridgehead atoms. The Labute approximate surface area is 126 Å². The van der Waals surface area contributed by atoms with E-state index in [0.29, 0.717) is 10.2 Å². The van der Waals surface area contributed by atoms with Gasteiger partial charge in [-0.25, -0.2) is 4.39 Å². The van der Waals surface area contributed by atoms with Crippen molar-refractivity contribution in [1.29, 1.82) is 5.26 Å². The van der Waals surface area contributed by atoms with Gasteiger partial charge < -0.3 is 5.32 Å². The first kappa shape index (κ1) is 15.3. The van der Waals surface area contributed by atoms with Crippen LogP contribution in [0.25, 0.3) is 0 Å². The predicted molar refractivity (Wildman–Crippen MR) is 73.5 cm³/mol. The van der Waals surface area contributed by atoms with Crippen LogP contribution in [0.2, 0.25) is 0 Å². The molecule has 7 heteroatoms. The highest BCUT2D eigenvalue weighted by molar-refractivity contribution is 9.10. The number of hydrogen-bond donors (Lipinski definition) is 1. The number of rotatable bonds is 2. The maximum atomic E-state index is 13.2. The molecular formula is C14H7BrF4N2. The summed E-state index contributed by atoms with van der Waals surface area (Å²) in [6.07, 6.45) is -4.52. The number of hydrogen-bond acceptors (Lipinski definition) is 2. The molecule has 0 radical (unpaired) electrons. The van der Waals surface area contributed by atoms with Crippen LogP contribution in [0.3, 0.4) is 0 Å². The van der Waals surface area contributed by atoms with Crippen LogP contribution in [0.4, 0.5) is 28.9 Å². The highest BCUT2D eigenvalue weighted by Crippen LogP contribution is 2.33. The molecule has 0 unspecified atom stereocenters. The molecule has 0 heterocycles. The molecule has 0 aliphatic heterocycles. The minimum atomic E-state index is -4.52. The predicted octanol–water partition coefficient (Wildman–Crippen LogP) is 5.22. The molecule has 0 amide bonds. The van der Waals surface area contributed by atoms with Gasteiger partial charge in [0.05, 0.1) is 22.5 Å². The van der Waals surface area contributed by atoms with Crippen LogP contribution >= 0.6 is 15.9 Å². The smallest absolute Gasteiger partial charge is 0.353 e. The first-order valence-electron chi connectivity index (χ1n) is 5.64. The van der Waals surface area contributed by atoms with Crippen LogP contribution < -0.4 is 5.32 Å². The highest BCUT2D eigenvalue weighted by Gasteiger charge is 2.31. The van der Waals surface area contributed by atoms with Crippen LogP contribution in [-0.2, 0) is 6.18 Å². The third-order valence-electron chi connectivity index (χ3n) is 2.67. The Morgan fingerprint density at radius 1 is 1.05 bits per heavy atom. The molecule has 0 saturated heterocycles. The van der Waals surface area contributed by atoms with E-state index in [1.54, 1.807) is 6.07 Å². The Kier molecular flexibility index (Phi) is 4.19. The van der Waals surface area contributed by atoms with Crippen LogP contribution in [0.15, 0.2) is 40.9 Å². The summed E-state index contributed by atoms with van der Waals surface area (Å²) in [4.78, 5) is 0. The third-order valence-corrected chi connectivity index (χ3v) is 3.36. The molecule has 2 aromatic carbocycles. The number of nitriles is 1. The SMILES string of the molecule is N#Cc1cc(C(F)(F)F)ccc1Nc1cc(F)ccc1Br. The number of alkyl halides is 3. The first-order chi connectivity index (χ1) is 9.81. The zero-order valence-corrected chi connectivity index (χ0v) is 11.9. The van der Waals surface area contributed by atoms with E-state index in [4.69, 9.17) is 5.26 Å². The summed E-state index contributed by atoms with van der Waals surface area (Å²) in [5.74, 6) is -0.508. The summed E-state index contributed by atoms with van der Waals surface area (Å²) >= 11 is 3.19. The van der Waals surface area contributed by atoms with Crippen molar-refractivity contribution < 1.29 is 17.6 Å². The van der Waals surface area contributed by atoms with Crippen LogP contribution in [0, 0.1) is 17.1 Å². The first-order valence-corrected chi connectivity index (χ1v) is 6.44. The summed E-state index contributed by atoms with van der Waals surface area (Å²) in [6.45, 7) is 0. The van der Waals surface area contributed by atoms with Crippen molar-refractivity contribution in [3.63, 3.8) is 0 Å². The second-order valence-electron chi connectivity index (χ2n) is 4.12. The average Bonchev–Trinajstić information content (AvgIpc) is 2.42.